The molecule has 3 rings (SSSR count). The van der Waals surface area contributed by atoms with E-state index in [0.29, 0.717) is 6.04 Å². The van der Waals surface area contributed by atoms with Crippen LogP contribution >= 0.6 is 0 Å². The third kappa shape index (κ3) is 2.70. The molecule has 0 saturated carbocycles. The number of piperidine rings is 1. The molecule has 1 aromatic rings. The van der Waals surface area contributed by atoms with Crippen LogP contribution in [0.15, 0.2) is 30.3 Å². The Balaban J connectivity index is 1.88. The van der Waals surface area contributed by atoms with E-state index in [2.05, 4.69) is 11.9 Å². The minimum absolute atomic E-state index is 0.0555. The zero-order chi connectivity index (χ0) is 15.0. The van der Waals surface area contributed by atoms with E-state index in [1.807, 2.05) is 30.3 Å². The second-order valence-electron chi connectivity index (χ2n) is 6.28. The number of hydrogen-bond donors (Lipinski definition) is 1. The van der Waals surface area contributed by atoms with Crippen LogP contribution in [-0.4, -0.2) is 41.2 Å². The molecule has 4 nitrogen and oxygen atoms in total. The lowest BCUT2D eigenvalue weighted by molar-refractivity contribution is -0.159. The summed E-state index contributed by atoms with van der Waals surface area (Å²) in [6.07, 6.45) is 2.22. The molecule has 2 aliphatic rings. The van der Waals surface area contributed by atoms with Gasteiger partial charge in [-0.15, -0.1) is 0 Å². The van der Waals surface area contributed by atoms with Gasteiger partial charge in [0, 0.05) is 31.3 Å². The van der Waals surface area contributed by atoms with Crippen molar-refractivity contribution in [3.05, 3.63) is 35.9 Å². The molecule has 2 heterocycles. The highest BCUT2D eigenvalue weighted by molar-refractivity contribution is 5.66. The fraction of sp³-hybridized carbons (Fsp3) is 0.588. The van der Waals surface area contributed by atoms with Crippen LogP contribution in [0, 0.1) is 5.92 Å². The molecule has 1 aromatic carbocycles. The fourth-order valence-corrected chi connectivity index (χ4v) is 4.09. The maximum atomic E-state index is 11.4. The summed E-state index contributed by atoms with van der Waals surface area (Å²) in [7, 11) is 2.12. The standard InChI is InChI=1S/C17H23NO3/c1-11(19)21-15-10-13-8-9-14(18(13)2)16(15)17(20)12-6-4-3-5-7-12/h3-7,13-17,20H,8-10H2,1-2H3/t13-,14+,15-,16+,17+/m1/s1. The summed E-state index contributed by atoms with van der Waals surface area (Å²) in [5.74, 6) is -0.311. The van der Waals surface area contributed by atoms with E-state index in [0.717, 1.165) is 24.8 Å². The van der Waals surface area contributed by atoms with Crippen LogP contribution in [0.25, 0.3) is 0 Å². The third-order valence-electron chi connectivity index (χ3n) is 5.10. The van der Waals surface area contributed by atoms with Crippen molar-refractivity contribution in [2.75, 3.05) is 7.05 Å². The SMILES string of the molecule is CC(=O)O[C@@H]1C[C@H]2CC[C@@H]([C@@H]1[C@@H](O)c1ccccc1)N2C. The lowest BCUT2D eigenvalue weighted by Crippen LogP contribution is -2.52. The molecular formula is C17H23NO3. The summed E-state index contributed by atoms with van der Waals surface area (Å²) in [5.41, 5.74) is 0.901. The van der Waals surface area contributed by atoms with Crippen molar-refractivity contribution in [2.45, 2.75) is 50.5 Å². The van der Waals surface area contributed by atoms with Gasteiger partial charge < -0.3 is 9.84 Å². The van der Waals surface area contributed by atoms with Crippen LogP contribution in [0.4, 0.5) is 0 Å². The van der Waals surface area contributed by atoms with E-state index in [9.17, 15) is 9.90 Å². The minimum Gasteiger partial charge on any atom is -0.462 e. The van der Waals surface area contributed by atoms with E-state index in [1.165, 1.54) is 6.92 Å². The quantitative estimate of drug-likeness (QED) is 0.866. The van der Waals surface area contributed by atoms with Crippen molar-refractivity contribution < 1.29 is 14.6 Å². The summed E-state index contributed by atoms with van der Waals surface area (Å²) in [5, 5.41) is 10.8. The average molecular weight is 289 g/mol. The molecule has 0 amide bonds. The predicted molar refractivity (Wildman–Crippen MR) is 79.6 cm³/mol. The second kappa shape index (κ2) is 5.78. The molecule has 0 unspecified atom stereocenters. The number of esters is 1. The lowest BCUT2D eigenvalue weighted by atomic mass is 9.80. The zero-order valence-corrected chi connectivity index (χ0v) is 12.6. The fourth-order valence-electron chi connectivity index (χ4n) is 4.09. The highest BCUT2D eigenvalue weighted by Gasteiger charge is 2.49. The Morgan fingerprint density at radius 3 is 2.71 bits per heavy atom. The van der Waals surface area contributed by atoms with Gasteiger partial charge in [-0.3, -0.25) is 9.69 Å². The third-order valence-corrected chi connectivity index (χ3v) is 5.10. The molecule has 2 fully saturated rings. The largest absolute Gasteiger partial charge is 0.462 e. The van der Waals surface area contributed by atoms with Gasteiger partial charge in [0.15, 0.2) is 0 Å². The summed E-state index contributed by atoms with van der Waals surface area (Å²) in [4.78, 5) is 13.8. The smallest absolute Gasteiger partial charge is 0.302 e. The first-order chi connectivity index (χ1) is 10.1. The van der Waals surface area contributed by atoms with E-state index in [-0.39, 0.29) is 24.0 Å². The van der Waals surface area contributed by atoms with Gasteiger partial charge in [-0.25, -0.2) is 0 Å². The van der Waals surface area contributed by atoms with E-state index < -0.39 is 6.10 Å². The van der Waals surface area contributed by atoms with Gasteiger partial charge in [-0.1, -0.05) is 30.3 Å². The second-order valence-corrected chi connectivity index (χ2v) is 6.28. The number of rotatable bonds is 3. The van der Waals surface area contributed by atoms with Crippen LogP contribution in [0.2, 0.25) is 0 Å². The van der Waals surface area contributed by atoms with Gasteiger partial charge in [0.1, 0.15) is 6.10 Å². The molecule has 2 bridgehead atoms. The molecule has 21 heavy (non-hydrogen) atoms. The molecule has 0 radical (unpaired) electrons. The highest BCUT2D eigenvalue weighted by atomic mass is 16.5. The van der Waals surface area contributed by atoms with Crippen LogP contribution in [0.3, 0.4) is 0 Å². The minimum atomic E-state index is -0.595. The number of carbonyl (C=O) groups is 1. The number of aliphatic hydroxyl groups is 1. The molecule has 4 heteroatoms. The summed E-state index contributed by atoms with van der Waals surface area (Å²) in [6.45, 7) is 1.45. The van der Waals surface area contributed by atoms with Gasteiger partial charge in [0.2, 0.25) is 0 Å². The predicted octanol–water partition coefficient (Wildman–Crippen LogP) is 2.13. The van der Waals surface area contributed by atoms with Crippen molar-refractivity contribution in [3.8, 4) is 0 Å². The maximum Gasteiger partial charge on any atom is 0.302 e. The summed E-state index contributed by atoms with van der Waals surface area (Å²) >= 11 is 0. The van der Waals surface area contributed by atoms with E-state index >= 15 is 0 Å². The molecule has 114 valence electrons. The molecular weight excluding hydrogens is 266 g/mol. The topological polar surface area (TPSA) is 49.8 Å². The Bertz CT molecular complexity index is 504. The Kier molecular flexibility index (Phi) is 4.00. The normalized spacial score (nSPS) is 33.7. The molecule has 0 aromatic heterocycles. The van der Waals surface area contributed by atoms with Crippen molar-refractivity contribution in [1.82, 2.24) is 4.90 Å². The zero-order valence-electron chi connectivity index (χ0n) is 12.6. The molecule has 2 aliphatic heterocycles. The first-order valence-electron chi connectivity index (χ1n) is 7.70. The number of hydrogen-bond acceptors (Lipinski definition) is 4. The lowest BCUT2D eigenvalue weighted by Gasteiger charge is -2.44. The first-order valence-corrected chi connectivity index (χ1v) is 7.70. The summed E-state index contributed by atoms with van der Waals surface area (Å²) < 4.78 is 5.55. The van der Waals surface area contributed by atoms with E-state index in [1.54, 1.807) is 0 Å². The highest BCUT2D eigenvalue weighted by Crippen LogP contribution is 2.44. The van der Waals surface area contributed by atoms with Gasteiger partial charge in [-0.05, 0) is 25.5 Å². The Morgan fingerprint density at radius 1 is 1.33 bits per heavy atom. The number of ether oxygens (including phenoxy) is 1. The van der Waals surface area contributed by atoms with Crippen molar-refractivity contribution in [2.24, 2.45) is 5.92 Å². The van der Waals surface area contributed by atoms with Crippen molar-refractivity contribution in [3.63, 3.8) is 0 Å². The van der Waals surface area contributed by atoms with Crippen molar-refractivity contribution >= 4 is 5.97 Å². The number of benzene rings is 1. The van der Waals surface area contributed by atoms with Gasteiger partial charge in [0.05, 0.1) is 6.10 Å². The maximum absolute atomic E-state index is 11.4. The van der Waals surface area contributed by atoms with Crippen LogP contribution in [0.5, 0.6) is 0 Å². The number of nitrogens with zero attached hydrogens (tertiary/aromatic N) is 1. The van der Waals surface area contributed by atoms with Crippen LogP contribution in [-0.2, 0) is 9.53 Å². The molecule has 5 atom stereocenters. The number of aliphatic hydroxyl groups excluding tert-OH is 1. The summed E-state index contributed by atoms with van der Waals surface area (Å²) in [6, 6.07) is 10.4. The first kappa shape index (κ1) is 14.5. The molecule has 0 aliphatic carbocycles. The van der Waals surface area contributed by atoms with Crippen molar-refractivity contribution in [1.29, 1.82) is 0 Å². The van der Waals surface area contributed by atoms with E-state index in [4.69, 9.17) is 4.74 Å². The Hall–Kier alpha value is -1.39. The molecule has 1 N–H and O–H groups in total. The van der Waals surface area contributed by atoms with Crippen LogP contribution in [0.1, 0.15) is 37.9 Å². The molecule has 2 saturated heterocycles. The Morgan fingerprint density at radius 2 is 2.05 bits per heavy atom. The molecule has 0 spiro atoms. The van der Waals surface area contributed by atoms with Gasteiger partial charge in [-0.2, -0.15) is 0 Å². The number of carbonyl (C=O) groups excluding carboxylic acids is 1. The van der Waals surface area contributed by atoms with Gasteiger partial charge in [0.25, 0.3) is 0 Å². The van der Waals surface area contributed by atoms with Gasteiger partial charge >= 0.3 is 5.97 Å². The Labute approximate surface area is 125 Å². The number of fused-ring (bicyclic) bond motifs is 2. The average Bonchev–Trinajstić information content (AvgIpc) is 2.71. The monoisotopic (exact) mass is 289 g/mol. The van der Waals surface area contributed by atoms with Crippen LogP contribution < -0.4 is 0 Å².